The van der Waals surface area contributed by atoms with Gasteiger partial charge in [-0.2, -0.15) is 0 Å². The average Bonchev–Trinajstić information content (AvgIpc) is 3.82. The standard InChI is InChI=1S/C38H58O4/c1-7-12-33(22-23-36-25-30(4)31(5)27-41-36)38(40-6)26-37(32-20-21-32)29(3)19-18-28(2)13-10-15-35-17-11-16-34(42-35)14-8-9-24-39/h8-9,11,15-16,22-24,29,32-34,36-38H,2,7,10,12-14,17-21,25-27H2,1,3-6H3/b9-8-,23-22+,35-15-. The molecule has 0 radical (unpaired) electrons. The maximum Gasteiger partial charge on any atom is 0.142 e. The molecule has 3 rings (SSSR count). The number of carbonyl (C=O) groups is 1. The van der Waals surface area contributed by atoms with Crippen LogP contribution in [-0.2, 0) is 19.0 Å². The Bertz CT molecular complexity index is 995. The van der Waals surface area contributed by atoms with Gasteiger partial charge in [0, 0.05) is 25.9 Å². The van der Waals surface area contributed by atoms with E-state index in [0.29, 0.717) is 17.8 Å². The van der Waals surface area contributed by atoms with Gasteiger partial charge in [-0.05, 0) is 113 Å². The van der Waals surface area contributed by atoms with Crippen LogP contribution in [0.4, 0.5) is 0 Å². The molecule has 0 spiro atoms. The van der Waals surface area contributed by atoms with Crippen LogP contribution >= 0.6 is 0 Å². The van der Waals surface area contributed by atoms with Gasteiger partial charge in [-0.1, -0.05) is 62.3 Å². The lowest BCUT2D eigenvalue weighted by Crippen LogP contribution is -2.29. The zero-order chi connectivity index (χ0) is 30.3. The Kier molecular flexibility index (Phi) is 15.1. The molecule has 0 aromatic carbocycles. The van der Waals surface area contributed by atoms with Crippen molar-refractivity contribution in [2.24, 2.45) is 23.7 Å². The summed E-state index contributed by atoms with van der Waals surface area (Å²) in [6, 6.07) is 0. The van der Waals surface area contributed by atoms with Gasteiger partial charge >= 0.3 is 0 Å². The van der Waals surface area contributed by atoms with Crippen molar-refractivity contribution >= 4 is 6.29 Å². The molecule has 0 aromatic rings. The van der Waals surface area contributed by atoms with Crippen LogP contribution in [0.1, 0.15) is 105 Å². The van der Waals surface area contributed by atoms with Crippen LogP contribution < -0.4 is 0 Å². The predicted molar refractivity (Wildman–Crippen MR) is 175 cm³/mol. The maximum absolute atomic E-state index is 10.5. The summed E-state index contributed by atoms with van der Waals surface area (Å²) in [7, 11) is 1.91. The van der Waals surface area contributed by atoms with E-state index in [4.69, 9.17) is 14.2 Å². The molecule has 0 bridgehead atoms. The summed E-state index contributed by atoms with van der Waals surface area (Å²) in [6.07, 6.45) is 29.0. The minimum Gasteiger partial charge on any atom is -0.490 e. The normalized spacial score (nSPS) is 25.1. The fourth-order valence-corrected chi connectivity index (χ4v) is 6.50. The first kappa shape index (κ1) is 34.3. The first-order valence-electron chi connectivity index (χ1n) is 16.6. The third-order valence-electron chi connectivity index (χ3n) is 9.57. The van der Waals surface area contributed by atoms with E-state index in [2.05, 4.69) is 64.7 Å². The lowest BCUT2D eigenvalue weighted by Gasteiger charge is -2.32. The third kappa shape index (κ3) is 11.8. The number of hydrogen-bond acceptors (Lipinski definition) is 4. The van der Waals surface area contributed by atoms with Crippen LogP contribution in [0.3, 0.4) is 0 Å². The highest BCUT2D eigenvalue weighted by Gasteiger charge is 2.37. The highest BCUT2D eigenvalue weighted by atomic mass is 16.5. The fraction of sp³-hybridized carbons (Fsp3) is 0.658. The highest BCUT2D eigenvalue weighted by Crippen LogP contribution is 2.45. The third-order valence-corrected chi connectivity index (χ3v) is 9.57. The Morgan fingerprint density at radius 3 is 2.69 bits per heavy atom. The van der Waals surface area contributed by atoms with E-state index >= 15 is 0 Å². The number of carbonyl (C=O) groups excluding carboxylic acids is 1. The first-order valence-corrected chi connectivity index (χ1v) is 16.6. The number of rotatable bonds is 19. The van der Waals surface area contributed by atoms with E-state index in [1.165, 1.54) is 42.1 Å². The van der Waals surface area contributed by atoms with E-state index in [9.17, 15) is 4.79 Å². The van der Waals surface area contributed by atoms with Crippen molar-refractivity contribution in [1.82, 2.24) is 0 Å². The van der Waals surface area contributed by atoms with Gasteiger partial charge in [0.1, 0.15) is 12.4 Å². The lowest BCUT2D eigenvalue weighted by atomic mass is 9.78. The first-order chi connectivity index (χ1) is 20.3. The van der Waals surface area contributed by atoms with Gasteiger partial charge in [0.05, 0.1) is 24.6 Å². The van der Waals surface area contributed by atoms with Crippen molar-refractivity contribution in [2.75, 3.05) is 13.7 Å². The van der Waals surface area contributed by atoms with Gasteiger partial charge in [0.2, 0.25) is 0 Å². The highest BCUT2D eigenvalue weighted by molar-refractivity contribution is 5.64. The van der Waals surface area contributed by atoms with Crippen LogP contribution in [0.2, 0.25) is 0 Å². The second-order valence-corrected chi connectivity index (χ2v) is 13.0. The molecule has 42 heavy (non-hydrogen) atoms. The van der Waals surface area contributed by atoms with Crippen LogP contribution in [-0.4, -0.2) is 38.3 Å². The summed E-state index contributed by atoms with van der Waals surface area (Å²) >= 11 is 0. The number of aldehydes is 1. The Morgan fingerprint density at radius 2 is 2.00 bits per heavy atom. The van der Waals surface area contributed by atoms with E-state index in [1.54, 1.807) is 0 Å². The number of methoxy groups -OCH3 is 1. The van der Waals surface area contributed by atoms with E-state index in [0.717, 1.165) is 82.4 Å². The molecule has 6 unspecified atom stereocenters. The van der Waals surface area contributed by atoms with Crippen molar-refractivity contribution < 1.29 is 19.0 Å². The molecule has 1 aliphatic carbocycles. The molecule has 1 fully saturated rings. The molecule has 0 aromatic heterocycles. The molecule has 2 aliphatic heterocycles. The zero-order valence-electron chi connectivity index (χ0n) is 27.2. The largest absolute Gasteiger partial charge is 0.490 e. The Labute approximate surface area is 257 Å². The molecular weight excluding hydrogens is 520 g/mol. The molecule has 3 aliphatic rings. The van der Waals surface area contributed by atoms with Crippen LogP contribution in [0, 0.1) is 23.7 Å². The summed E-state index contributed by atoms with van der Waals surface area (Å²) in [5.74, 6) is 3.70. The van der Waals surface area contributed by atoms with Crippen molar-refractivity contribution in [2.45, 2.75) is 123 Å². The second kappa shape index (κ2) is 18.5. The van der Waals surface area contributed by atoms with Crippen molar-refractivity contribution in [3.05, 3.63) is 71.6 Å². The predicted octanol–water partition coefficient (Wildman–Crippen LogP) is 9.64. The van der Waals surface area contributed by atoms with Crippen LogP contribution in [0.25, 0.3) is 0 Å². The monoisotopic (exact) mass is 578 g/mol. The van der Waals surface area contributed by atoms with Crippen LogP contribution in [0.5, 0.6) is 0 Å². The molecule has 4 nitrogen and oxygen atoms in total. The van der Waals surface area contributed by atoms with Gasteiger partial charge < -0.3 is 14.2 Å². The fourth-order valence-electron chi connectivity index (χ4n) is 6.50. The quantitative estimate of drug-likeness (QED) is 0.0869. The van der Waals surface area contributed by atoms with Gasteiger partial charge in [0.25, 0.3) is 0 Å². The van der Waals surface area contributed by atoms with Crippen LogP contribution in [0.15, 0.2) is 71.6 Å². The molecule has 0 amide bonds. The molecule has 0 N–H and O–H groups in total. The Morgan fingerprint density at radius 1 is 1.19 bits per heavy atom. The Hall–Kier alpha value is -2.17. The summed E-state index contributed by atoms with van der Waals surface area (Å²) in [4.78, 5) is 10.5. The molecule has 0 saturated heterocycles. The van der Waals surface area contributed by atoms with E-state index < -0.39 is 0 Å². The van der Waals surface area contributed by atoms with Crippen molar-refractivity contribution in [3.63, 3.8) is 0 Å². The van der Waals surface area contributed by atoms with Crippen molar-refractivity contribution in [1.29, 1.82) is 0 Å². The summed E-state index contributed by atoms with van der Waals surface area (Å²) in [6.45, 7) is 14.3. The van der Waals surface area contributed by atoms with Gasteiger partial charge in [-0.3, -0.25) is 4.79 Å². The minimum absolute atomic E-state index is 0.0270. The minimum atomic E-state index is 0.0270. The van der Waals surface area contributed by atoms with Gasteiger partial charge in [0.15, 0.2) is 0 Å². The summed E-state index contributed by atoms with van der Waals surface area (Å²) in [5.41, 5.74) is 4.19. The van der Waals surface area contributed by atoms with E-state index in [-0.39, 0.29) is 18.3 Å². The molecule has 6 atom stereocenters. The maximum atomic E-state index is 10.5. The molecule has 234 valence electrons. The molecule has 2 heterocycles. The van der Waals surface area contributed by atoms with Gasteiger partial charge in [-0.15, -0.1) is 0 Å². The summed E-state index contributed by atoms with van der Waals surface area (Å²) in [5, 5.41) is 0. The van der Waals surface area contributed by atoms with Crippen molar-refractivity contribution in [3.8, 4) is 0 Å². The Balaban J connectivity index is 1.47. The molecular formula is C38H58O4. The summed E-state index contributed by atoms with van der Waals surface area (Å²) < 4.78 is 18.4. The number of allylic oxidation sites excluding steroid dienone is 4. The van der Waals surface area contributed by atoms with Gasteiger partial charge in [-0.25, -0.2) is 0 Å². The number of hydrogen-bond donors (Lipinski definition) is 0. The zero-order valence-corrected chi connectivity index (χ0v) is 27.2. The SMILES string of the molecule is C=C(CC/C=C1/CC=CC(C/C=C\C=O)O1)CCC(C)C(CC(OC)C(/C=C/C1CC(C)=C(C)CO1)CCC)C1CC1. The number of ether oxygens (including phenoxy) is 3. The smallest absolute Gasteiger partial charge is 0.142 e. The molecule has 4 heteroatoms. The van der Waals surface area contributed by atoms with E-state index in [1.807, 2.05) is 13.2 Å². The molecule has 1 saturated carbocycles. The second-order valence-electron chi connectivity index (χ2n) is 13.0. The lowest BCUT2D eigenvalue weighted by molar-refractivity contribution is -0.104. The average molecular weight is 579 g/mol. The topological polar surface area (TPSA) is 44.8 Å².